The van der Waals surface area contributed by atoms with Crippen LogP contribution in [0.3, 0.4) is 0 Å². The molecule has 0 heterocycles. The lowest BCUT2D eigenvalue weighted by atomic mass is 9.75. The van der Waals surface area contributed by atoms with Crippen molar-refractivity contribution in [1.29, 1.82) is 0 Å². The van der Waals surface area contributed by atoms with Gasteiger partial charge in [0.15, 0.2) is 0 Å². The lowest BCUT2D eigenvalue weighted by Crippen LogP contribution is -2.32. The molecule has 21 heavy (non-hydrogen) atoms. The number of fused-ring (bicyclic) bond motifs is 2. The predicted octanol–water partition coefficient (Wildman–Crippen LogP) is 4.28. The molecule has 0 spiro atoms. The Morgan fingerprint density at radius 2 is 1.95 bits per heavy atom. The van der Waals surface area contributed by atoms with Crippen LogP contribution in [0, 0.1) is 17.8 Å². The molecule has 4 unspecified atom stereocenters. The molecule has 4 rings (SSSR count). The average Bonchev–Trinajstić information content (AvgIpc) is 3.06. The van der Waals surface area contributed by atoms with Gasteiger partial charge in [0.05, 0.1) is 0 Å². The van der Waals surface area contributed by atoms with Crippen LogP contribution in [0.2, 0.25) is 0 Å². The van der Waals surface area contributed by atoms with Crippen molar-refractivity contribution in [3.63, 3.8) is 0 Å². The van der Waals surface area contributed by atoms with E-state index in [0.29, 0.717) is 6.04 Å². The largest absolute Gasteiger partial charge is 0.271 e. The molecule has 3 N–H and O–H groups in total. The fourth-order valence-corrected chi connectivity index (χ4v) is 5.17. The molecule has 3 fully saturated rings. The second kappa shape index (κ2) is 5.73. The molecule has 3 aliphatic carbocycles. The molecular weight excluding hydrogens is 256 g/mol. The minimum absolute atomic E-state index is 0.353. The molecule has 1 aromatic rings. The Labute approximate surface area is 128 Å². The fraction of sp³-hybridized carbons (Fsp3) is 0.684. The Morgan fingerprint density at radius 3 is 2.57 bits per heavy atom. The Bertz CT molecular complexity index is 494. The van der Waals surface area contributed by atoms with E-state index in [1.807, 2.05) is 0 Å². The number of nitrogens with one attached hydrogen (secondary N) is 1. The van der Waals surface area contributed by atoms with E-state index < -0.39 is 0 Å². The van der Waals surface area contributed by atoms with Crippen molar-refractivity contribution in [3.05, 3.63) is 35.4 Å². The summed E-state index contributed by atoms with van der Waals surface area (Å²) in [6.45, 7) is 0. The Hall–Kier alpha value is -0.860. The van der Waals surface area contributed by atoms with Gasteiger partial charge in [0, 0.05) is 6.04 Å². The fourth-order valence-electron chi connectivity index (χ4n) is 5.17. The van der Waals surface area contributed by atoms with E-state index in [0.717, 1.165) is 23.7 Å². The third kappa shape index (κ3) is 2.53. The van der Waals surface area contributed by atoms with Crippen LogP contribution in [0.5, 0.6) is 0 Å². The van der Waals surface area contributed by atoms with E-state index >= 15 is 0 Å². The molecule has 114 valence electrons. The quantitative estimate of drug-likeness (QED) is 0.625. The van der Waals surface area contributed by atoms with Gasteiger partial charge in [0.2, 0.25) is 0 Å². The van der Waals surface area contributed by atoms with E-state index in [1.54, 1.807) is 5.56 Å². The summed E-state index contributed by atoms with van der Waals surface area (Å²) in [4.78, 5) is 0. The van der Waals surface area contributed by atoms with Crippen LogP contribution in [0.4, 0.5) is 0 Å². The van der Waals surface area contributed by atoms with Gasteiger partial charge in [-0.3, -0.25) is 11.3 Å². The molecule has 0 radical (unpaired) electrons. The summed E-state index contributed by atoms with van der Waals surface area (Å²) in [6, 6.07) is 9.38. The molecule has 0 aromatic heterocycles. The zero-order valence-electron chi connectivity index (χ0n) is 12.9. The van der Waals surface area contributed by atoms with Crippen molar-refractivity contribution in [2.24, 2.45) is 23.6 Å². The predicted molar refractivity (Wildman–Crippen MR) is 86.7 cm³/mol. The lowest BCUT2D eigenvalue weighted by molar-refractivity contribution is 0.278. The van der Waals surface area contributed by atoms with Gasteiger partial charge in [-0.05, 0) is 73.3 Å². The average molecular weight is 284 g/mol. The number of hydrogen-bond donors (Lipinski definition) is 2. The molecule has 0 aliphatic heterocycles. The molecule has 0 saturated heterocycles. The van der Waals surface area contributed by atoms with Crippen molar-refractivity contribution >= 4 is 0 Å². The van der Waals surface area contributed by atoms with Crippen LogP contribution in [0.15, 0.2) is 24.3 Å². The highest BCUT2D eigenvalue weighted by Gasteiger charge is 2.40. The zero-order valence-corrected chi connectivity index (χ0v) is 12.9. The van der Waals surface area contributed by atoms with Crippen LogP contribution < -0.4 is 11.3 Å². The molecule has 3 saturated carbocycles. The summed E-state index contributed by atoms with van der Waals surface area (Å²) in [5.74, 6) is 9.67. The first kappa shape index (κ1) is 13.8. The molecule has 2 nitrogen and oxygen atoms in total. The standard InChI is InChI=1S/C19H28N2/c20-21-19(12-16-11-13-8-9-15(16)10-13)18-7-2-1-6-17(18)14-4-3-5-14/h1-2,6-7,13-16,19,21H,3-5,8-12,20H2. The lowest BCUT2D eigenvalue weighted by Gasteiger charge is -2.32. The first-order chi connectivity index (χ1) is 10.3. The van der Waals surface area contributed by atoms with E-state index in [4.69, 9.17) is 5.84 Å². The molecule has 2 bridgehead atoms. The van der Waals surface area contributed by atoms with Gasteiger partial charge >= 0.3 is 0 Å². The third-order valence-corrected chi connectivity index (χ3v) is 6.54. The van der Waals surface area contributed by atoms with Crippen LogP contribution >= 0.6 is 0 Å². The number of nitrogens with two attached hydrogens (primary N) is 1. The topological polar surface area (TPSA) is 38.0 Å². The minimum atomic E-state index is 0.353. The second-order valence-corrected chi connectivity index (χ2v) is 7.65. The minimum Gasteiger partial charge on any atom is -0.271 e. The molecular formula is C19H28N2. The first-order valence-electron chi connectivity index (χ1n) is 8.90. The Balaban J connectivity index is 1.52. The summed E-state index contributed by atoms with van der Waals surface area (Å²) in [5, 5.41) is 0. The van der Waals surface area contributed by atoms with Gasteiger partial charge in [-0.15, -0.1) is 0 Å². The van der Waals surface area contributed by atoms with E-state index in [-0.39, 0.29) is 0 Å². The van der Waals surface area contributed by atoms with Crippen LogP contribution in [-0.4, -0.2) is 0 Å². The molecule has 0 amide bonds. The van der Waals surface area contributed by atoms with Crippen LogP contribution in [0.25, 0.3) is 0 Å². The van der Waals surface area contributed by atoms with Crippen molar-refractivity contribution in [3.8, 4) is 0 Å². The van der Waals surface area contributed by atoms with Gasteiger partial charge in [0.1, 0.15) is 0 Å². The van der Waals surface area contributed by atoms with Crippen molar-refractivity contribution < 1.29 is 0 Å². The highest BCUT2D eigenvalue weighted by Crippen LogP contribution is 2.51. The summed E-state index contributed by atoms with van der Waals surface area (Å²) in [5.41, 5.74) is 6.19. The van der Waals surface area contributed by atoms with E-state index in [1.165, 1.54) is 56.9 Å². The Morgan fingerprint density at radius 1 is 1.10 bits per heavy atom. The van der Waals surface area contributed by atoms with Gasteiger partial charge < -0.3 is 0 Å². The van der Waals surface area contributed by atoms with Crippen molar-refractivity contribution in [1.82, 2.24) is 5.43 Å². The number of hydrogen-bond acceptors (Lipinski definition) is 2. The van der Waals surface area contributed by atoms with E-state index in [9.17, 15) is 0 Å². The molecule has 2 heteroatoms. The summed E-state index contributed by atoms with van der Waals surface area (Å²) >= 11 is 0. The monoisotopic (exact) mass is 284 g/mol. The number of hydrazine groups is 1. The van der Waals surface area contributed by atoms with Gasteiger partial charge in [-0.25, -0.2) is 0 Å². The van der Waals surface area contributed by atoms with Gasteiger partial charge in [0.25, 0.3) is 0 Å². The maximum absolute atomic E-state index is 5.96. The smallest absolute Gasteiger partial charge is 0.0465 e. The van der Waals surface area contributed by atoms with Crippen LogP contribution in [-0.2, 0) is 0 Å². The molecule has 3 aliphatic rings. The van der Waals surface area contributed by atoms with Gasteiger partial charge in [-0.2, -0.15) is 0 Å². The normalized spacial score (nSPS) is 33.1. The van der Waals surface area contributed by atoms with Crippen LogP contribution in [0.1, 0.15) is 74.5 Å². The van der Waals surface area contributed by atoms with Gasteiger partial charge in [-0.1, -0.05) is 37.1 Å². The maximum atomic E-state index is 5.96. The van der Waals surface area contributed by atoms with E-state index in [2.05, 4.69) is 29.7 Å². The molecule has 1 aromatic carbocycles. The SMILES string of the molecule is NNC(CC1CC2CCC1C2)c1ccccc1C1CCC1. The second-order valence-electron chi connectivity index (χ2n) is 7.65. The van der Waals surface area contributed by atoms with Crippen molar-refractivity contribution in [2.75, 3.05) is 0 Å². The summed E-state index contributed by atoms with van der Waals surface area (Å²) in [7, 11) is 0. The third-order valence-electron chi connectivity index (χ3n) is 6.54. The van der Waals surface area contributed by atoms with Crippen molar-refractivity contribution in [2.45, 2.75) is 63.3 Å². The number of benzene rings is 1. The highest BCUT2D eigenvalue weighted by molar-refractivity contribution is 5.34. The summed E-state index contributed by atoms with van der Waals surface area (Å²) in [6.07, 6.45) is 11.3. The zero-order chi connectivity index (χ0) is 14.2. The molecule has 4 atom stereocenters. The summed E-state index contributed by atoms with van der Waals surface area (Å²) < 4.78 is 0. The maximum Gasteiger partial charge on any atom is 0.0465 e. The highest BCUT2D eigenvalue weighted by atomic mass is 15.2. The Kier molecular flexibility index (Phi) is 3.76. The number of rotatable bonds is 5. The first-order valence-corrected chi connectivity index (χ1v) is 8.90.